The maximum absolute atomic E-state index is 12.7. The largest absolute Gasteiger partial charge is 0.490 e. The molecule has 7 heteroatoms. The first-order valence-electron chi connectivity index (χ1n) is 10.1. The Bertz CT molecular complexity index is 805. The van der Waals surface area contributed by atoms with Gasteiger partial charge in [0.2, 0.25) is 5.88 Å². The van der Waals surface area contributed by atoms with Gasteiger partial charge in [0.25, 0.3) is 5.91 Å². The van der Waals surface area contributed by atoms with Crippen LogP contribution < -0.4 is 19.5 Å². The molecule has 1 aliphatic carbocycles. The Morgan fingerprint density at radius 2 is 1.79 bits per heavy atom. The summed E-state index contributed by atoms with van der Waals surface area (Å²) in [6.45, 7) is 4.88. The van der Waals surface area contributed by atoms with Crippen molar-refractivity contribution in [2.45, 2.75) is 51.7 Å². The molecule has 156 valence electrons. The topological polar surface area (TPSA) is 69.7 Å². The molecule has 0 saturated heterocycles. The van der Waals surface area contributed by atoms with Crippen molar-refractivity contribution in [1.82, 2.24) is 10.3 Å². The van der Waals surface area contributed by atoms with Crippen molar-refractivity contribution in [2.75, 3.05) is 13.2 Å². The summed E-state index contributed by atoms with van der Waals surface area (Å²) in [5.41, 5.74) is 0.570. The lowest BCUT2D eigenvalue weighted by Crippen LogP contribution is -2.39. The van der Waals surface area contributed by atoms with E-state index in [-0.39, 0.29) is 18.1 Å². The van der Waals surface area contributed by atoms with Gasteiger partial charge in [0, 0.05) is 23.9 Å². The molecular formula is C22H27ClN2O4. The van der Waals surface area contributed by atoms with Crippen LogP contribution >= 0.6 is 11.6 Å². The number of carbonyl (C=O) groups excluding carboxylic acids is 1. The number of ether oxygens (including phenoxy) is 3. The molecule has 1 amide bonds. The summed E-state index contributed by atoms with van der Waals surface area (Å²) in [6, 6.07) is 8.96. The summed E-state index contributed by atoms with van der Waals surface area (Å²) in [6.07, 6.45) is 5.13. The Labute approximate surface area is 176 Å². The van der Waals surface area contributed by atoms with E-state index in [0.717, 1.165) is 25.7 Å². The van der Waals surface area contributed by atoms with Gasteiger partial charge in [-0.3, -0.25) is 4.79 Å². The van der Waals surface area contributed by atoms with E-state index in [1.165, 1.54) is 0 Å². The normalized spacial score (nSPS) is 18.7. The average Bonchev–Trinajstić information content (AvgIpc) is 2.73. The molecule has 1 saturated carbocycles. The van der Waals surface area contributed by atoms with Crippen molar-refractivity contribution in [3.63, 3.8) is 0 Å². The second kappa shape index (κ2) is 10.3. The quantitative estimate of drug-likeness (QED) is 0.675. The van der Waals surface area contributed by atoms with Gasteiger partial charge < -0.3 is 19.5 Å². The van der Waals surface area contributed by atoms with Crippen LogP contribution in [-0.4, -0.2) is 36.3 Å². The number of rotatable bonds is 8. The van der Waals surface area contributed by atoms with E-state index in [2.05, 4.69) is 10.3 Å². The number of hydrogen-bond acceptors (Lipinski definition) is 5. The van der Waals surface area contributed by atoms with Crippen molar-refractivity contribution in [3.05, 3.63) is 47.1 Å². The second-order valence-corrected chi connectivity index (χ2v) is 7.34. The van der Waals surface area contributed by atoms with E-state index in [1.807, 2.05) is 13.8 Å². The van der Waals surface area contributed by atoms with Gasteiger partial charge in [-0.05, 0) is 63.8 Å². The molecule has 1 aromatic heterocycles. The molecule has 1 aliphatic rings. The second-order valence-electron chi connectivity index (χ2n) is 6.91. The summed E-state index contributed by atoms with van der Waals surface area (Å²) in [5.74, 6) is 1.73. The number of nitrogens with zero attached hydrogens (tertiary/aromatic N) is 1. The maximum atomic E-state index is 12.7. The number of carbonyl (C=O) groups is 1. The van der Waals surface area contributed by atoms with Crippen molar-refractivity contribution < 1.29 is 19.0 Å². The van der Waals surface area contributed by atoms with Crippen LogP contribution in [0.3, 0.4) is 0 Å². The number of halogens is 1. The zero-order valence-electron chi connectivity index (χ0n) is 16.8. The van der Waals surface area contributed by atoms with E-state index >= 15 is 0 Å². The molecule has 6 nitrogen and oxygen atoms in total. The first kappa shape index (κ1) is 21.2. The van der Waals surface area contributed by atoms with Gasteiger partial charge in [-0.1, -0.05) is 11.6 Å². The van der Waals surface area contributed by atoms with E-state index in [4.69, 9.17) is 25.8 Å². The molecule has 29 heavy (non-hydrogen) atoms. The number of hydrogen-bond donors (Lipinski definition) is 1. The van der Waals surface area contributed by atoms with Gasteiger partial charge in [-0.15, -0.1) is 0 Å². The number of aromatic nitrogens is 1. The molecule has 1 heterocycles. The molecule has 1 fully saturated rings. The Hall–Kier alpha value is -2.47. The highest BCUT2D eigenvalue weighted by Gasteiger charge is 2.24. The lowest BCUT2D eigenvalue weighted by atomic mass is 9.92. The molecule has 2 aromatic rings. The standard InChI is InChI=1S/C22H27ClN2O4/c1-3-27-19-11-5-15(13-20(19)28-4-2)22(26)25-17-7-9-18(10-8-17)29-21-12-6-16(23)14-24-21/h5-6,11-14,17-18H,3-4,7-10H2,1-2H3,(H,25,26). The van der Waals surface area contributed by atoms with Crippen LogP contribution in [0, 0.1) is 0 Å². The minimum Gasteiger partial charge on any atom is -0.490 e. The smallest absolute Gasteiger partial charge is 0.251 e. The third kappa shape index (κ3) is 6.00. The van der Waals surface area contributed by atoms with Crippen LogP contribution in [0.1, 0.15) is 49.9 Å². The summed E-state index contributed by atoms with van der Waals surface area (Å²) in [5, 5.41) is 3.71. The summed E-state index contributed by atoms with van der Waals surface area (Å²) < 4.78 is 17.1. The SMILES string of the molecule is CCOc1ccc(C(=O)NC2CCC(Oc3ccc(Cl)cn3)CC2)cc1OCC. The molecule has 0 spiro atoms. The fraction of sp³-hybridized carbons (Fsp3) is 0.455. The summed E-state index contributed by atoms with van der Waals surface area (Å²) in [7, 11) is 0. The highest BCUT2D eigenvalue weighted by atomic mass is 35.5. The van der Waals surface area contributed by atoms with Crippen LogP contribution in [0.15, 0.2) is 36.5 Å². The van der Waals surface area contributed by atoms with Crippen LogP contribution in [-0.2, 0) is 0 Å². The minimum absolute atomic E-state index is 0.0993. The molecule has 0 unspecified atom stereocenters. The fourth-order valence-electron chi connectivity index (χ4n) is 3.39. The number of benzene rings is 1. The minimum atomic E-state index is -0.0993. The third-order valence-electron chi connectivity index (χ3n) is 4.80. The molecule has 0 radical (unpaired) electrons. The summed E-state index contributed by atoms with van der Waals surface area (Å²) >= 11 is 5.85. The highest BCUT2D eigenvalue weighted by molar-refractivity contribution is 6.30. The van der Waals surface area contributed by atoms with E-state index < -0.39 is 0 Å². The van der Waals surface area contributed by atoms with Gasteiger partial charge >= 0.3 is 0 Å². The number of amides is 1. The Morgan fingerprint density at radius 3 is 2.45 bits per heavy atom. The van der Waals surface area contributed by atoms with Crippen molar-refractivity contribution in [1.29, 1.82) is 0 Å². The Morgan fingerprint density at radius 1 is 1.07 bits per heavy atom. The van der Waals surface area contributed by atoms with E-state index in [1.54, 1.807) is 36.5 Å². The Balaban J connectivity index is 1.52. The van der Waals surface area contributed by atoms with Gasteiger partial charge in [-0.2, -0.15) is 0 Å². The lowest BCUT2D eigenvalue weighted by molar-refractivity contribution is 0.0889. The molecule has 3 rings (SSSR count). The number of pyridine rings is 1. The fourth-order valence-corrected chi connectivity index (χ4v) is 3.50. The van der Waals surface area contributed by atoms with Gasteiger partial charge in [-0.25, -0.2) is 4.98 Å². The molecular weight excluding hydrogens is 392 g/mol. The van der Waals surface area contributed by atoms with Crippen LogP contribution in [0.25, 0.3) is 0 Å². The molecule has 0 bridgehead atoms. The molecule has 0 atom stereocenters. The van der Waals surface area contributed by atoms with Crippen molar-refractivity contribution in [2.24, 2.45) is 0 Å². The molecule has 0 aliphatic heterocycles. The first-order chi connectivity index (χ1) is 14.1. The summed E-state index contributed by atoms with van der Waals surface area (Å²) in [4.78, 5) is 16.9. The molecule has 1 N–H and O–H groups in total. The van der Waals surface area contributed by atoms with Crippen LogP contribution in [0.5, 0.6) is 17.4 Å². The van der Waals surface area contributed by atoms with Gasteiger partial charge in [0.15, 0.2) is 11.5 Å². The van der Waals surface area contributed by atoms with E-state index in [0.29, 0.717) is 41.2 Å². The predicted molar refractivity (Wildman–Crippen MR) is 112 cm³/mol. The maximum Gasteiger partial charge on any atom is 0.251 e. The van der Waals surface area contributed by atoms with Crippen molar-refractivity contribution >= 4 is 17.5 Å². The van der Waals surface area contributed by atoms with Gasteiger partial charge in [0.05, 0.1) is 18.2 Å². The first-order valence-corrected chi connectivity index (χ1v) is 10.5. The lowest BCUT2D eigenvalue weighted by Gasteiger charge is -2.29. The average molecular weight is 419 g/mol. The zero-order chi connectivity index (χ0) is 20.6. The molecule has 1 aromatic carbocycles. The predicted octanol–water partition coefficient (Wildman–Crippen LogP) is 4.65. The highest BCUT2D eigenvalue weighted by Crippen LogP contribution is 2.29. The third-order valence-corrected chi connectivity index (χ3v) is 5.03. The Kier molecular flexibility index (Phi) is 7.58. The van der Waals surface area contributed by atoms with Crippen LogP contribution in [0.2, 0.25) is 5.02 Å². The van der Waals surface area contributed by atoms with E-state index in [9.17, 15) is 4.79 Å². The van der Waals surface area contributed by atoms with Gasteiger partial charge in [0.1, 0.15) is 6.10 Å². The monoisotopic (exact) mass is 418 g/mol. The van der Waals surface area contributed by atoms with Crippen LogP contribution in [0.4, 0.5) is 0 Å². The number of nitrogens with one attached hydrogen (secondary N) is 1. The zero-order valence-corrected chi connectivity index (χ0v) is 17.6. The van der Waals surface area contributed by atoms with Crippen molar-refractivity contribution in [3.8, 4) is 17.4 Å².